The van der Waals surface area contributed by atoms with Gasteiger partial charge >= 0.3 is 24.3 Å². The molecule has 0 amide bonds. The van der Waals surface area contributed by atoms with Gasteiger partial charge < -0.3 is 29.5 Å². The molecule has 2 aliphatic heterocycles. The van der Waals surface area contributed by atoms with Crippen LogP contribution < -0.4 is 9.80 Å². The molecule has 0 radical (unpaired) electrons. The molecule has 0 aromatic heterocycles. The first-order valence-corrected chi connectivity index (χ1v) is 19.3. The summed E-state index contributed by atoms with van der Waals surface area (Å²) in [4.78, 5) is 26.6. The highest BCUT2D eigenvalue weighted by Gasteiger charge is 2.34. The van der Waals surface area contributed by atoms with E-state index in [9.17, 15) is 35.9 Å². The monoisotopic (exact) mass is 814 g/mol. The minimum Gasteiger partial charge on any atom is -0.478 e. The molecule has 0 saturated carbocycles. The van der Waals surface area contributed by atoms with Crippen LogP contribution in [0.25, 0.3) is 0 Å². The average Bonchev–Trinajstić information content (AvgIpc) is 3.22. The van der Waals surface area contributed by atoms with Gasteiger partial charge in [0, 0.05) is 49.5 Å². The van der Waals surface area contributed by atoms with E-state index < -0.39 is 35.4 Å². The highest BCUT2D eigenvalue weighted by molar-refractivity contribution is 5.88. The topological polar surface area (TPSA) is 99.5 Å². The summed E-state index contributed by atoms with van der Waals surface area (Å²) < 4.78 is 88.3. The normalized spacial score (nSPS) is 19.9. The molecule has 4 aromatic rings. The molecule has 0 unspecified atom stereocenters. The van der Waals surface area contributed by atoms with Crippen molar-refractivity contribution < 1.29 is 55.6 Å². The number of carboxylic acid groups (broad SMARTS) is 2. The van der Waals surface area contributed by atoms with Gasteiger partial charge in [0.05, 0.1) is 47.6 Å². The number of benzene rings is 4. The van der Waals surface area contributed by atoms with Gasteiger partial charge in [0.1, 0.15) is 0 Å². The Morgan fingerprint density at radius 3 is 1.16 bits per heavy atom. The van der Waals surface area contributed by atoms with E-state index in [-0.39, 0.29) is 35.0 Å². The number of rotatable bonds is 12. The Morgan fingerprint density at radius 1 is 0.552 bits per heavy atom. The molecule has 2 aliphatic rings. The summed E-state index contributed by atoms with van der Waals surface area (Å²) in [5.74, 6) is -1.78. The van der Waals surface area contributed by atoms with E-state index in [1.807, 2.05) is 13.8 Å². The van der Waals surface area contributed by atoms with Gasteiger partial charge in [0.2, 0.25) is 0 Å². The molecule has 2 fully saturated rings. The van der Waals surface area contributed by atoms with E-state index in [2.05, 4.69) is 9.80 Å². The van der Waals surface area contributed by atoms with E-state index in [0.29, 0.717) is 39.5 Å². The number of carboxylic acids is 2. The number of carbonyl (C=O) groups is 2. The van der Waals surface area contributed by atoms with Crippen molar-refractivity contribution in [3.63, 3.8) is 0 Å². The Morgan fingerprint density at radius 2 is 0.879 bits per heavy atom. The van der Waals surface area contributed by atoms with Gasteiger partial charge in [0.25, 0.3) is 0 Å². The van der Waals surface area contributed by atoms with Crippen molar-refractivity contribution in [2.75, 3.05) is 49.3 Å². The number of hydrogen-bond acceptors (Lipinski definition) is 6. The molecule has 0 spiro atoms. The minimum absolute atomic E-state index is 0.0920. The fourth-order valence-corrected chi connectivity index (χ4v) is 7.56. The standard InChI is InChI=1S/2C22H24F3NO3/c2*1-2-29-14-20-12-7-17(15-3-8-18(9-4-15)22(23,24)25)13-26(20)19-10-5-16(6-11-19)21(27)28/h2*3-6,8-11,17,20H,2,7,12-14H2,1H3,(H,27,28)/t2*17-,20-/m10/s1. The number of hydrogen-bond donors (Lipinski definition) is 2. The molecule has 4 aromatic carbocycles. The van der Waals surface area contributed by atoms with Crippen LogP contribution in [0, 0.1) is 0 Å². The molecule has 2 heterocycles. The number of alkyl halides is 6. The third kappa shape index (κ3) is 11.5. The fraction of sp³-hybridized carbons (Fsp3) is 0.409. The summed E-state index contributed by atoms with van der Waals surface area (Å²) in [5.41, 5.74) is 2.66. The smallest absolute Gasteiger partial charge is 0.416 e. The van der Waals surface area contributed by atoms with Crippen LogP contribution in [-0.4, -0.2) is 73.8 Å². The first kappa shape index (κ1) is 44.0. The van der Waals surface area contributed by atoms with Crippen LogP contribution in [0.4, 0.5) is 37.7 Å². The molecule has 2 N–H and O–H groups in total. The Kier molecular flexibility index (Phi) is 14.9. The van der Waals surface area contributed by atoms with Crippen molar-refractivity contribution in [1.29, 1.82) is 0 Å². The maximum atomic E-state index is 12.8. The van der Waals surface area contributed by atoms with Gasteiger partial charge in [-0.3, -0.25) is 0 Å². The zero-order chi connectivity index (χ0) is 42.0. The summed E-state index contributed by atoms with van der Waals surface area (Å²) in [6.07, 6.45) is -5.30. The predicted octanol–water partition coefficient (Wildman–Crippen LogP) is 10.4. The Labute approximate surface area is 334 Å². The number of anilines is 2. The maximum Gasteiger partial charge on any atom is 0.416 e. The molecule has 58 heavy (non-hydrogen) atoms. The largest absolute Gasteiger partial charge is 0.478 e. The van der Waals surface area contributed by atoms with Crippen LogP contribution in [0.1, 0.15) is 94.3 Å². The summed E-state index contributed by atoms with van der Waals surface area (Å²) in [7, 11) is 0. The fourth-order valence-electron chi connectivity index (χ4n) is 7.56. The number of ether oxygens (including phenoxy) is 2. The van der Waals surface area contributed by atoms with Crippen molar-refractivity contribution >= 4 is 23.3 Å². The lowest BCUT2D eigenvalue weighted by atomic mass is 9.86. The third-order valence-electron chi connectivity index (χ3n) is 10.8. The zero-order valence-electron chi connectivity index (χ0n) is 32.3. The SMILES string of the molecule is CCOC[C@@H]1CC[C@H](c2ccc(C(F)(F)F)cc2)CN1c1ccc(C(=O)O)cc1.CCOC[C@H]1CC[C@@H](c2ccc(C(F)(F)F)cc2)CN1c1ccc(C(=O)O)cc1. The van der Waals surface area contributed by atoms with Gasteiger partial charge in [-0.25, -0.2) is 9.59 Å². The van der Waals surface area contributed by atoms with Gasteiger partial charge in [-0.1, -0.05) is 24.3 Å². The first-order chi connectivity index (χ1) is 27.6. The van der Waals surface area contributed by atoms with Gasteiger partial charge in [-0.05, 0) is 123 Å². The quantitative estimate of drug-likeness (QED) is 0.136. The van der Waals surface area contributed by atoms with E-state index in [1.165, 1.54) is 0 Å². The Hall–Kier alpha value is -5.08. The molecule has 312 valence electrons. The molecule has 0 aliphatic carbocycles. The van der Waals surface area contributed by atoms with Crippen molar-refractivity contribution in [1.82, 2.24) is 0 Å². The highest BCUT2D eigenvalue weighted by Crippen LogP contribution is 2.38. The Bertz CT molecular complexity index is 1780. The second kappa shape index (κ2) is 19.6. The summed E-state index contributed by atoms with van der Waals surface area (Å²) in [6, 6.07) is 24.4. The number of halogens is 6. The van der Waals surface area contributed by atoms with Gasteiger partial charge in [-0.2, -0.15) is 26.3 Å². The first-order valence-electron chi connectivity index (χ1n) is 19.3. The van der Waals surface area contributed by atoms with Crippen LogP contribution in [-0.2, 0) is 21.8 Å². The van der Waals surface area contributed by atoms with E-state index in [1.54, 1.807) is 72.8 Å². The van der Waals surface area contributed by atoms with Crippen molar-refractivity contribution in [2.24, 2.45) is 0 Å². The summed E-state index contributed by atoms with van der Waals surface area (Å²) >= 11 is 0. The van der Waals surface area contributed by atoms with Crippen LogP contribution in [0.5, 0.6) is 0 Å². The summed E-state index contributed by atoms with van der Waals surface area (Å²) in [6.45, 7) is 7.44. The molecule has 8 nitrogen and oxygen atoms in total. The predicted molar refractivity (Wildman–Crippen MR) is 209 cm³/mol. The molecule has 14 heteroatoms. The maximum absolute atomic E-state index is 12.8. The van der Waals surface area contributed by atoms with Crippen molar-refractivity contribution in [3.05, 3.63) is 130 Å². The van der Waals surface area contributed by atoms with Gasteiger partial charge in [0.15, 0.2) is 0 Å². The number of piperidine rings is 2. The molecular weight excluding hydrogens is 766 g/mol. The number of aromatic carboxylic acids is 2. The minimum atomic E-state index is -4.34. The van der Waals surface area contributed by atoms with Crippen LogP contribution in [0.15, 0.2) is 97.1 Å². The van der Waals surface area contributed by atoms with Gasteiger partial charge in [-0.15, -0.1) is 0 Å². The van der Waals surface area contributed by atoms with Crippen molar-refractivity contribution in [3.8, 4) is 0 Å². The molecule has 4 atom stereocenters. The lowest BCUT2D eigenvalue weighted by Crippen LogP contribution is -2.45. The Balaban J connectivity index is 0.000000221. The van der Waals surface area contributed by atoms with E-state index in [0.717, 1.165) is 72.5 Å². The second-order valence-electron chi connectivity index (χ2n) is 14.4. The molecular formula is C44H48F6N2O6. The summed E-state index contributed by atoms with van der Waals surface area (Å²) in [5, 5.41) is 18.2. The van der Waals surface area contributed by atoms with Crippen LogP contribution in [0.3, 0.4) is 0 Å². The molecule has 6 rings (SSSR count). The van der Waals surface area contributed by atoms with E-state index in [4.69, 9.17) is 19.7 Å². The third-order valence-corrected chi connectivity index (χ3v) is 10.8. The lowest BCUT2D eigenvalue weighted by Gasteiger charge is -2.41. The number of nitrogens with zero attached hydrogens (tertiary/aromatic N) is 2. The van der Waals surface area contributed by atoms with Crippen LogP contribution >= 0.6 is 0 Å². The zero-order valence-corrected chi connectivity index (χ0v) is 32.3. The molecule has 2 saturated heterocycles. The van der Waals surface area contributed by atoms with Crippen molar-refractivity contribution in [2.45, 2.75) is 75.8 Å². The molecule has 0 bridgehead atoms. The average molecular weight is 815 g/mol. The van der Waals surface area contributed by atoms with E-state index >= 15 is 0 Å². The lowest BCUT2D eigenvalue weighted by molar-refractivity contribution is -0.138. The van der Waals surface area contributed by atoms with Crippen LogP contribution in [0.2, 0.25) is 0 Å². The highest BCUT2D eigenvalue weighted by atomic mass is 19.4. The second-order valence-corrected chi connectivity index (χ2v) is 14.4.